The lowest BCUT2D eigenvalue weighted by molar-refractivity contribution is 0.0600. The zero-order chi connectivity index (χ0) is 25.0. The molecule has 0 bridgehead atoms. The van der Waals surface area contributed by atoms with E-state index in [0.717, 1.165) is 41.3 Å². The lowest BCUT2D eigenvalue weighted by atomic mass is 9.97. The maximum atomic E-state index is 14.7. The predicted octanol–water partition coefficient (Wildman–Crippen LogP) is 5.81. The summed E-state index contributed by atoms with van der Waals surface area (Å²) >= 11 is 6.33. The molecule has 10 heteroatoms. The van der Waals surface area contributed by atoms with Gasteiger partial charge in [0.15, 0.2) is 17.2 Å². The first-order chi connectivity index (χ1) is 17.4. The Bertz CT molecular complexity index is 1660. The van der Waals surface area contributed by atoms with Crippen LogP contribution in [0.2, 0.25) is 5.02 Å². The number of oxazole rings is 1. The maximum Gasteiger partial charge on any atom is 0.338 e. The van der Waals surface area contributed by atoms with E-state index in [1.54, 1.807) is 6.33 Å². The summed E-state index contributed by atoms with van der Waals surface area (Å²) in [7, 11) is 3.10. The van der Waals surface area contributed by atoms with Crippen LogP contribution in [0, 0.1) is 5.82 Å². The maximum absolute atomic E-state index is 14.7. The first-order valence-corrected chi connectivity index (χ1v) is 11.6. The molecule has 36 heavy (non-hydrogen) atoms. The number of nitrogens with zero attached hydrogens (tertiary/aromatic N) is 5. The Morgan fingerprint density at radius 1 is 1.14 bits per heavy atom. The standard InChI is InChI=1S/C26H19ClFN5O3/c1-33-12-29-32-24(33)18-11-16(27)5-6-17(18)14-8-20(13-3-4-13)30-22(9-14)25-31-21-10-15(26(34)35-2)7-19(28)23(21)36-25/h5-13H,3-4H2,1-2H3. The quantitative estimate of drug-likeness (QED) is 0.279. The van der Waals surface area contributed by atoms with E-state index in [1.807, 2.05) is 41.9 Å². The third-order valence-corrected chi connectivity index (χ3v) is 6.41. The number of fused-ring (bicyclic) bond motifs is 1. The molecule has 5 aromatic rings. The second-order valence-electron chi connectivity index (χ2n) is 8.71. The second kappa shape index (κ2) is 8.53. The highest BCUT2D eigenvalue weighted by atomic mass is 35.5. The van der Waals surface area contributed by atoms with Crippen LogP contribution in [0.4, 0.5) is 4.39 Å². The molecule has 1 fully saturated rings. The van der Waals surface area contributed by atoms with Gasteiger partial charge in [-0.2, -0.15) is 0 Å². The highest BCUT2D eigenvalue weighted by Crippen LogP contribution is 2.43. The van der Waals surface area contributed by atoms with Gasteiger partial charge in [-0.1, -0.05) is 17.7 Å². The molecule has 1 saturated carbocycles. The van der Waals surface area contributed by atoms with E-state index < -0.39 is 11.8 Å². The summed E-state index contributed by atoms with van der Waals surface area (Å²) in [6.45, 7) is 0. The van der Waals surface area contributed by atoms with Crippen molar-refractivity contribution in [3.05, 3.63) is 70.9 Å². The number of methoxy groups -OCH3 is 1. The number of benzene rings is 2. The van der Waals surface area contributed by atoms with E-state index in [2.05, 4.69) is 15.2 Å². The van der Waals surface area contributed by atoms with Gasteiger partial charge in [-0.05, 0) is 60.4 Å². The Balaban J connectivity index is 1.52. The van der Waals surface area contributed by atoms with Crippen LogP contribution in [0.3, 0.4) is 0 Å². The zero-order valence-electron chi connectivity index (χ0n) is 19.3. The first-order valence-electron chi connectivity index (χ1n) is 11.3. The number of esters is 1. The van der Waals surface area contributed by atoms with E-state index >= 15 is 0 Å². The summed E-state index contributed by atoms with van der Waals surface area (Å²) in [4.78, 5) is 21.2. The number of hydrogen-bond acceptors (Lipinski definition) is 7. The molecule has 3 aromatic heterocycles. The number of carbonyl (C=O) groups is 1. The van der Waals surface area contributed by atoms with E-state index in [1.165, 1.54) is 13.2 Å². The molecule has 1 aliphatic rings. The fraction of sp³-hybridized carbons (Fsp3) is 0.192. The predicted molar refractivity (Wildman–Crippen MR) is 131 cm³/mol. The second-order valence-corrected chi connectivity index (χ2v) is 9.15. The van der Waals surface area contributed by atoms with E-state index in [9.17, 15) is 9.18 Å². The number of rotatable bonds is 5. The largest absolute Gasteiger partial charge is 0.465 e. The molecule has 0 spiro atoms. The smallest absolute Gasteiger partial charge is 0.338 e. The third-order valence-electron chi connectivity index (χ3n) is 6.17. The topological polar surface area (TPSA) is 95.9 Å². The summed E-state index contributed by atoms with van der Waals surface area (Å²) in [6.07, 6.45) is 3.71. The normalized spacial score (nSPS) is 13.3. The lowest BCUT2D eigenvalue weighted by Gasteiger charge is -2.12. The molecule has 8 nitrogen and oxygen atoms in total. The molecule has 2 aromatic carbocycles. The van der Waals surface area contributed by atoms with Gasteiger partial charge in [0, 0.05) is 29.2 Å². The number of ether oxygens (including phenoxy) is 1. The number of hydrogen-bond donors (Lipinski definition) is 0. The van der Waals surface area contributed by atoms with Crippen LogP contribution in [0.15, 0.2) is 53.2 Å². The van der Waals surface area contributed by atoms with Crippen molar-refractivity contribution < 1.29 is 18.3 Å². The van der Waals surface area contributed by atoms with Gasteiger partial charge in [0.25, 0.3) is 0 Å². The Hall–Kier alpha value is -4.11. The van der Waals surface area contributed by atoms with E-state index in [0.29, 0.717) is 22.5 Å². The van der Waals surface area contributed by atoms with Crippen molar-refractivity contribution in [3.8, 4) is 34.1 Å². The van der Waals surface area contributed by atoms with Crippen molar-refractivity contribution in [1.29, 1.82) is 0 Å². The van der Waals surface area contributed by atoms with Gasteiger partial charge in [0.1, 0.15) is 17.5 Å². The van der Waals surface area contributed by atoms with E-state index in [4.69, 9.17) is 25.7 Å². The van der Waals surface area contributed by atoms with Crippen LogP contribution in [0.25, 0.3) is 45.2 Å². The van der Waals surface area contributed by atoms with Gasteiger partial charge in [-0.15, -0.1) is 10.2 Å². The average molecular weight is 504 g/mol. The summed E-state index contributed by atoms with van der Waals surface area (Å²) in [6, 6.07) is 12.0. The van der Waals surface area contributed by atoms with E-state index in [-0.39, 0.29) is 22.6 Å². The zero-order valence-corrected chi connectivity index (χ0v) is 20.1. The van der Waals surface area contributed by atoms with Crippen LogP contribution in [-0.2, 0) is 11.8 Å². The van der Waals surface area contributed by atoms with Gasteiger partial charge in [-0.25, -0.2) is 19.2 Å². The van der Waals surface area contributed by atoms with Crippen molar-refractivity contribution in [3.63, 3.8) is 0 Å². The number of aromatic nitrogens is 5. The van der Waals surface area contributed by atoms with Crippen molar-refractivity contribution in [2.24, 2.45) is 7.05 Å². The van der Waals surface area contributed by atoms with Crippen LogP contribution in [-0.4, -0.2) is 37.8 Å². The van der Waals surface area contributed by atoms with Crippen molar-refractivity contribution in [2.75, 3.05) is 7.11 Å². The lowest BCUT2D eigenvalue weighted by Crippen LogP contribution is -2.01. The Morgan fingerprint density at radius 2 is 1.97 bits per heavy atom. The van der Waals surface area contributed by atoms with Crippen molar-refractivity contribution >= 4 is 28.7 Å². The molecule has 0 amide bonds. The molecule has 0 atom stereocenters. The van der Waals surface area contributed by atoms with Gasteiger partial charge in [0.2, 0.25) is 5.89 Å². The van der Waals surface area contributed by atoms with Crippen LogP contribution >= 0.6 is 11.6 Å². The van der Waals surface area contributed by atoms with Gasteiger partial charge < -0.3 is 13.7 Å². The minimum Gasteiger partial charge on any atom is -0.465 e. The SMILES string of the molecule is COC(=O)c1cc(F)c2oc(-c3cc(-c4ccc(Cl)cc4-c4nncn4C)cc(C4CC4)n3)nc2c1. The molecule has 3 heterocycles. The van der Waals surface area contributed by atoms with Crippen LogP contribution < -0.4 is 0 Å². The number of carbonyl (C=O) groups excluding carboxylic acids is 1. The molecule has 0 N–H and O–H groups in total. The van der Waals surface area contributed by atoms with Gasteiger partial charge in [0.05, 0.1) is 12.7 Å². The minimum atomic E-state index is -0.701. The summed E-state index contributed by atoms with van der Waals surface area (Å²) in [5.41, 5.74) is 4.14. The van der Waals surface area contributed by atoms with Crippen molar-refractivity contribution in [1.82, 2.24) is 24.7 Å². The molecule has 6 rings (SSSR count). The molecular weight excluding hydrogens is 485 g/mol. The monoisotopic (exact) mass is 503 g/mol. The Kier molecular flexibility index (Phi) is 5.30. The number of pyridine rings is 1. The first kappa shape index (κ1) is 22.4. The number of halogens is 2. The number of aryl methyl sites for hydroxylation is 1. The van der Waals surface area contributed by atoms with Gasteiger partial charge in [-0.3, -0.25) is 0 Å². The van der Waals surface area contributed by atoms with Crippen LogP contribution in [0.1, 0.15) is 34.8 Å². The fourth-order valence-electron chi connectivity index (χ4n) is 4.22. The summed E-state index contributed by atoms with van der Waals surface area (Å²) in [5, 5.41) is 8.84. The minimum absolute atomic E-state index is 0.0518. The molecular formula is C26H19ClFN5O3. The molecule has 1 aliphatic carbocycles. The molecule has 180 valence electrons. The molecule has 0 saturated heterocycles. The molecule has 0 aliphatic heterocycles. The molecule has 0 radical (unpaired) electrons. The highest BCUT2D eigenvalue weighted by molar-refractivity contribution is 6.31. The Labute approximate surface area is 209 Å². The van der Waals surface area contributed by atoms with Crippen molar-refractivity contribution in [2.45, 2.75) is 18.8 Å². The highest BCUT2D eigenvalue weighted by Gasteiger charge is 2.28. The van der Waals surface area contributed by atoms with Crippen LogP contribution in [0.5, 0.6) is 0 Å². The fourth-order valence-corrected chi connectivity index (χ4v) is 4.39. The Morgan fingerprint density at radius 3 is 2.69 bits per heavy atom. The van der Waals surface area contributed by atoms with Gasteiger partial charge >= 0.3 is 5.97 Å². The summed E-state index contributed by atoms with van der Waals surface area (Å²) in [5.74, 6) is -0.203. The molecule has 0 unspecified atom stereocenters. The average Bonchev–Trinajstić information content (AvgIpc) is 3.50. The summed E-state index contributed by atoms with van der Waals surface area (Å²) < 4.78 is 27.0. The third kappa shape index (κ3) is 3.91.